The molecule has 1 aromatic rings. The zero-order valence-electron chi connectivity index (χ0n) is 16.8. The topological polar surface area (TPSA) is 79.6 Å². The van der Waals surface area contributed by atoms with E-state index in [9.17, 15) is 0 Å². The molecule has 2 rings (SSSR count). The molecule has 0 radical (unpaired) electrons. The Morgan fingerprint density at radius 1 is 1.15 bits per heavy atom. The maximum atomic E-state index is 5.39. The van der Waals surface area contributed by atoms with Crippen LogP contribution in [0.5, 0.6) is 0 Å². The third-order valence-corrected chi connectivity index (χ3v) is 4.49. The number of aromatic nitrogens is 3. The van der Waals surface area contributed by atoms with Crippen molar-refractivity contribution < 1.29 is 4.74 Å². The van der Waals surface area contributed by atoms with E-state index in [1.807, 2.05) is 0 Å². The molecule has 27 heavy (non-hydrogen) atoms. The highest BCUT2D eigenvalue weighted by Gasteiger charge is 2.09. The van der Waals surface area contributed by atoms with Crippen LogP contribution < -0.4 is 10.6 Å². The Kier molecular flexibility index (Phi) is 13.4. The van der Waals surface area contributed by atoms with Crippen LogP contribution in [0.4, 0.5) is 0 Å². The first-order valence-corrected chi connectivity index (χ1v) is 10.0. The number of rotatable bonds is 11. The van der Waals surface area contributed by atoms with Gasteiger partial charge in [-0.1, -0.05) is 20.3 Å². The van der Waals surface area contributed by atoms with Gasteiger partial charge in [-0.3, -0.25) is 9.89 Å². The van der Waals surface area contributed by atoms with Crippen molar-refractivity contribution in [2.24, 2.45) is 4.99 Å². The third-order valence-electron chi connectivity index (χ3n) is 4.49. The lowest BCUT2D eigenvalue weighted by molar-refractivity contribution is 0.0377. The van der Waals surface area contributed by atoms with E-state index in [-0.39, 0.29) is 24.0 Å². The molecule has 2 N–H and O–H groups in total. The van der Waals surface area contributed by atoms with Crippen molar-refractivity contribution in [2.45, 2.75) is 46.1 Å². The summed E-state index contributed by atoms with van der Waals surface area (Å²) in [4.78, 5) is 7.19. The van der Waals surface area contributed by atoms with Crippen molar-refractivity contribution in [3.8, 4) is 0 Å². The average molecular weight is 493 g/mol. The number of ether oxygens (including phenoxy) is 1. The molecule has 1 saturated heterocycles. The van der Waals surface area contributed by atoms with Gasteiger partial charge in [0, 0.05) is 52.2 Å². The molecule has 0 bridgehead atoms. The van der Waals surface area contributed by atoms with Crippen molar-refractivity contribution in [3.05, 3.63) is 12.2 Å². The fourth-order valence-electron chi connectivity index (χ4n) is 2.90. The first-order valence-electron chi connectivity index (χ1n) is 10.0. The largest absolute Gasteiger partial charge is 0.379 e. The summed E-state index contributed by atoms with van der Waals surface area (Å²) in [5, 5.41) is 15.0. The lowest BCUT2D eigenvalue weighted by atomic mass is 10.3. The number of nitrogens with one attached hydrogen (secondary N) is 2. The molecule has 1 aliphatic heterocycles. The molecule has 0 unspecified atom stereocenters. The number of halogens is 1. The lowest BCUT2D eigenvalue weighted by Crippen LogP contribution is -2.40. The van der Waals surface area contributed by atoms with E-state index in [1.165, 1.54) is 6.42 Å². The minimum absolute atomic E-state index is 0. The van der Waals surface area contributed by atoms with Crippen LogP contribution in [0.1, 0.15) is 38.9 Å². The normalized spacial score (nSPS) is 15.4. The standard InChI is InChI=1S/C18H35N7O.HI/c1-3-5-7-19-18(20-8-6-10-24-12-14-26-15-13-24)21-9-11-25-16-22-23-17(25)4-2;/h16H,3-15H2,1-2H3,(H2,19,20,21);1H. The Hall–Kier alpha value is -0.940. The molecule has 1 aliphatic rings. The van der Waals surface area contributed by atoms with Crippen molar-refractivity contribution in [1.82, 2.24) is 30.3 Å². The van der Waals surface area contributed by atoms with Crippen LogP contribution in [0.15, 0.2) is 11.3 Å². The molecule has 0 aromatic carbocycles. The predicted molar refractivity (Wildman–Crippen MR) is 120 cm³/mol. The number of guanidine groups is 1. The molecule has 2 heterocycles. The van der Waals surface area contributed by atoms with E-state index in [4.69, 9.17) is 9.73 Å². The minimum atomic E-state index is 0. The van der Waals surface area contributed by atoms with E-state index in [0.29, 0.717) is 0 Å². The van der Waals surface area contributed by atoms with Crippen molar-refractivity contribution >= 4 is 29.9 Å². The summed E-state index contributed by atoms with van der Waals surface area (Å²) in [7, 11) is 0. The number of morpholine rings is 1. The van der Waals surface area contributed by atoms with Crippen molar-refractivity contribution in [1.29, 1.82) is 0 Å². The highest BCUT2D eigenvalue weighted by Crippen LogP contribution is 1.98. The molecule has 1 fully saturated rings. The molecule has 0 aliphatic carbocycles. The minimum Gasteiger partial charge on any atom is -0.379 e. The average Bonchev–Trinajstić information content (AvgIpc) is 3.13. The van der Waals surface area contributed by atoms with Crippen LogP contribution >= 0.6 is 24.0 Å². The van der Waals surface area contributed by atoms with Gasteiger partial charge in [-0.2, -0.15) is 0 Å². The van der Waals surface area contributed by atoms with E-state index in [2.05, 4.69) is 44.1 Å². The number of hydrogen-bond donors (Lipinski definition) is 2. The zero-order valence-corrected chi connectivity index (χ0v) is 19.2. The van der Waals surface area contributed by atoms with E-state index in [1.54, 1.807) is 6.33 Å². The summed E-state index contributed by atoms with van der Waals surface area (Å²) in [6.45, 7) is 12.7. The number of nitrogens with zero attached hydrogens (tertiary/aromatic N) is 5. The summed E-state index contributed by atoms with van der Waals surface area (Å²) in [6.07, 6.45) is 6.10. The summed E-state index contributed by atoms with van der Waals surface area (Å²) >= 11 is 0. The van der Waals surface area contributed by atoms with Crippen LogP contribution in [0.2, 0.25) is 0 Å². The van der Waals surface area contributed by atoms with Crippen LogP contribution in [-0.4, -0.2) is 78.1 Å². The van der Waals surface area contributed by atoms with Gasteiger partial charge >= 0.3 is 0 Å². The molecule has 0 saturated carbocycles. The van der Waals surface area contributed by atoms with Gasteiger partial charge in [0.25, 0.3) is 0 Å². The summed E-state index contributed by atoms with van der Waals surface area (Å²) < 4.78 is 7.48. The molecule has 0 atom stereocenters. The Labute approximate surface area is 180 Å². The Morgan fingerprint density at radius 3 is 2.67 bits per heavy atom. The molecule has 0 amide bonds. The van der Waals surface area contributed by atoms with Gasteiger partial charge in [0.2, 0.25) is 0 Å². The van der Waals surface area contributed by atoms with Gasteiger partial charge in [0.1, 0.15) is 12.2 Å². The Morgan fingerprint density at radius 2 is 1.93 bits per heavy atom. The second-order valence-corrected chi connectivity index (χ2v) is 6.54. The first-order chi connectivity index (χ1) is 12.8. The van der Waals surface area contributed by atoms with Crippen LogP contribution in [-0.2, 0) is 17.7 Å². The second-order valence-electron chi connectivity index (χ2n) is 6.54. The van der Waals surface area contributed by atoms with Gasteiger partial charge < -0.3 is 19.9 Å². The van der Waals surface area contributed by atoms with Crippen molar-refractivity contribution in [3.63, 3.8) is 0 Å². The van der Waals surface area contributed by atoms with E-state index >= 15 is 0 Å². The fourth-order valence-corrected chi connectivity index (χ4v) is 2.90. The second kappa shape index (κ2) is 15.0. The molecular formula is C18H36IN7O. The molecule has 9 heteroatoms. The van der Waals surface area contributed by atoms with Crippen LogP contribution in [0, 0.1) is 0 Å². The Bertz CT molecular complexity index is 518. The number of aliphatic imine (C=N–C) groups is 1. The molecular weight excluding hydrogens is 457 g/mol. The summed E-state index contributed by atoms with van der Waals surface area (Å²) in [5.74, 6) is 1.93. The van der Waals surface area contributed by atoms with Gasteiger partial charge in [-0.05, 0) is 12.8 Å². The first kappa shape index (κ1) is 24.1. The van der Waals surface area contributed by atoms with Gasteiger partial charge in [-0.15, -0.1) is 34.2 Å². The van der Waals surface area contributed by atoms with Gasteiger partial charge in [-0.25, -0.2) is 0 Å². The SMILES string of the molecule is CCCCNC(=NCCCN1CCOCC1)NCCn1cnnc1CC.I. The zero-order chi connectivity index (χ0) is 18.5. The monoisotopic (exact) mass is 493 g/mol. The number of hydrogen-bond acceptors (Lipinski definition) is 5. The highest BCUT2D eigenvalue weighted by atomic mass is 127. The van der Waals surface area contributed by atoms with Crippen LogP contribution in [0.25, 0.3) is 0 Å². The molecule has 8 nitrogen and oxygen atoms in total. The molecule has 0 spiro atoms. The maximum Gasteiger partial charge on any atom is 0.191 e. The van der Waals surface area contributed by atoms with E-state index < -0.39 is 0 Å². The quantitative estimate of drug-likeness (QED) is 0.211. The predicted octanol–water partition coefficient (Wildman–Crippen LogP) is 1.52. The van der Waals surface area contributed by atoms with Gasteiger partial charge in [0.05, 0.1) is 13.2 Å². The van der Waals surface area contributed by atoms with Crippen LogP contribution in [0.3, 0.4) is 0 Å². The highest BCUT2D eigenvalue weighted by molar-refractivity contribution is 14.0. The third kappa shape index (κ3) is 9.70. The van der Waals surface area contributed by atoms with E-state index in [0.717, 1.165) is 90.1 Å². The maximum absolute atomic E-state index is 5.39. The summed E-state index contributed by atoms with van der Waals surface area (Å²) in [6, 6.07) is 0. The molecule has 156 valence electrons. The van der Waals surface area contributed by atoms with Crippen molar-refractivity contribution in [2.75, 3.05) is 52.5 Å². The lowest BCUT2D eigenvalue weighted by Gasteiger charge is -2.26. The fraction of sp³-hybridized carbons (Fsp3) is 0.833. The number of aryl methyl sites for hydroxylation is 1. The molecule has 1 aromatic heterocycles. The smallest absolute Gasteiger partial charge is 0.191 e. The van der Waals surface area contributed by atoms with Gasteiger partial charge in [0.15, 0.2) is 5.96 Å². The Balaban J connectivity index is 0.00000364. The number of unbranched alkanes of at least 4 members (excludes halogenated alkanes) is 1. The summed E-state index contributed by atoms with van der Waals surface area (Å²) in [5.41, 5.74) is 0.